The quantitative estimate of drug-likeness (QED) is 0.747. The lowest BCUT2D eigenvalue weighted by Crippen LogP contribution is -1.92. The van der Waals surface area contributed by atoms with Crippen molar-refractivity contribution in [2.75, 3.05) is 0 Å². The average Bonchev–Trinajstić information content (AvgIpc) is 2.24. The summed E-state index contributed by atoms with van der Waals surface area (Å²) in [5, 5.41) is 6.74. The first kappa shape index (κ1) is 9.98. The van der Waals surface area contributed by atoms with Gasteiger partial charge in [-0.2, -0.15) is 5.10 Å². The van der Waals surface area contributed by atoms with Crippen molar-refractivity contribution in [2.24, 2.45) is 0 Å². The molecule has 0 amide bonds. The van der Waals surface area contributed by atoms with Gasteiger partial charge < -0.3 is 0 Å². The van der Waals surface area contributed by atoms with Crippen molar-refractivity contribution in [1.29, 1.82) is 0 Å². The molecule has 1 heterocycles. The SMILES string of the molecule is Cc1c(F)cccc1-c1ccc(=S)[nH]n1. The van der Waals surface area contributed by atoms with E-state index in [9.17, 15) is 4.39 Å². The Morgan fingerprint density at radius 3 is 2.73 bits per heavy atom. The first-order valence-electron chi connectivity index (χ1n) is 4.50. The van der Waals surface area contributed by atoms with E-state index in [1.807, 2.05) is 6.07 Å². The van der Waals surface area contributed by atoms with Crippen molar-refractivity contribution in [3.05, 3.63) is 46.4 Å². The van der Waals surface area contributed by atoms with Gasteiger partial charge >= 0.3 is 0 Å². The van der Waals surface area contributed by atoms with Crippen LogP contribution in [-0.2, 0) is 0 Å². The van der Waals surface area contributed by atoms with E-state index in [2.05, 4.69) is 10.2 Å². The van der Waals surface area contributed by atoms with Crippen LogP contribution >= 0.6 is 12.2 Å². The minimum atomic E-state index is -0.225. The third-order valence-electron chi connectivity index (χ3n) is 2.22. The van der Waals surface area contributed by atoms with Gasteiger partial charge in [0.25, 0.3) is 0 Å². The Morgan fingerprint density at radius 1 is 1.27 bits per heavy atom. The van der Waals surface area contributed by atoms with Crippen LogP contribution in [-0.4, -0.2) is 10.2 Å². The van der Waals surface area contributed by atoms with Crippen molar-refractivity contribution in [3.8, 4) is 11.3 Å². The van der Waals surface area contributed by atoms with Crippen molar-refractivity contribution < 1.29 is 4.39 Å². The lowest BCUT2D eigenvalue weighted by Gasteiger charge is -2.04. The number of H-pyrrole nitrogens is 1. The molecule has 1 aromatic carbocycles. The Bertz CT molecular complexity index is 528. The highest BCUT2D eigenvalue weighted by Gasteiger charge is 2.06. The molecular formula is C11H9FN2S. The first-order chi connectivity index (χ1) is 7.18. The summed E-state index contributed by atoms with van der Waals surface area (Å²) in [5.74, 6) is -0.225. The van der Waals surface area contributed by atoms with E-state index in [-0.39, 0.29) is 5.82 Å². The van der Waals surface area contributed by atoms with Crippen molar-refractivity contribution >= 4 is 12.2 Å². The predicted octanol–water partition coefficient (Wildman–Crippen LogP) is 3.25. The lowest BCUT2D eigenvalue weighted by atomic mass is 10.1. The van der Waals surface area contributed by atoms with Gasteiger partial charge in [-0.05, 0) is 30.7 Å². The summed E-state index contributed by atoms with van der Waals surface area (Å²) < 4.78 is 13.8. The van der Waals surface area contributed by atoms with Crippen LogP contribution < -0.4 is 0 Å². The number of nitrogens with zero attached hydrogens (tertiary/aromatic N) is 1. The van der Waals surface area contributed by atoms with Gasteiger partial charge in [0.15, 0.2) is 0 Å². The Hall–Kier alpha value is -1.55. The molecule has 2 aromatic rings. The van der Waals surface area contributed by atoms with E-state index in [1.54, 1.807) is 25.1 Å². The van der Waals surface area contributed by atoms with Gasteiger partial charge in [-0.15, -0.1) is 0 Å². The number of aromatic nitrogens is 2. The molecule has 1 N–H and O–H groups in total. The molecule has 0 aliphatic rings. The number of hydrogen-bond acceptors (Lipinski definition) is 2. The van der Waals surface area contributed by atoms with Gasteiger partial charge in [0.2, 0.25) is 0 Å². The fraction of sp³-hybridized carbons (Fsp3) is 0.0909. The zero-order valence-corrected chi connectivity index (χ0v) is 8.94. The highest BCUT2D eigenvalue weighted by atomic mass is 32.1. The molecule has 0 aliphatic carbocycles. The largest absolute Gasteiger partial charge is 0.267 e. The van der Waals surface area contributed by atoms with Crippen molar-refractivity contribution in [1.82, 2.24) is 10.2 Å². The highest BCUT2D eigenvalue weighted by Crippen LogP contribution is 2.22. The first-order valence-corrected chi connectivity index (χ1v) is 4.90. The van der Waals surface area contributed by atoms with Gasteiger partial charge in [-0.25, -0.2) is 4.39 Å². The minimum Gasteiger partial charge on any atom is -0.267 e. The highest BCUT2D eigenvalue weighted by molar-refractivity contribution is 7.71. The van der Waals surface area contributed by atoms with Crippen LogP contribution in [0.15, 0.2) is 30.3 Å². The van der Waals surface area contributed by atoms with E-state index in [1.165, 1.54) is 6.07 Å². The maximum absolute atomic E-state index is 13.3. The van der Waals surface area contributed by atoms with Crippen LogP contribution in [0, 0.1) is 17.4 Å². The minimum absolute atomic E-state index is 0.225. The Kier molecular flexibility index (Phi) is 2.60. The summed E-state index contributed by atoms with van der Waals surface area (Å²) in [5.41, 5.74) is 2.07. The second-order valence-corrected chi connectivity index (χ2v) is 3.66. The molecule has 0 bridgehead atoms. The molecule has 2 nitrogen and oxygen atoms in total. The van der Waals surface area contributed by atoms with E-state index in [0.29, 0.717) is 15.9 Å². The topological polar surface area (TPSA) is 28.7 Å². The fourth-order valence-electron chi connectivity index (χ4n) is 1.38. The molecule has 0 aliphatic heterocycles. The van der Waals surface area contributed by atoms with Crippen LogP contribution in [0.4, 0.5) is 4.39 Å². The van der Waals surface area contributed by atoms with Crippen LogP contribution in [0.5, 0.6) is 0 Å². The van der Waals surface area contributed by atoms with E-state index in [4.69, 9.17) is 12.2 Å². The third-order valence-corrected chi connectivity index (χ3v) is 2.45. The number of benzene rings is 1. The van der Waals surface area contributed by atoms with Crippen molar-refractivity contribution in [3.63, 3.8) is 0 Å². The molecule has 0 unspecified atom stereocenters. The average molecular weight is 220 g/mol. The van der Waals surface area contributed by atoms with Crippen LogP contribution in [0.25, 0.3) is 11.3 Å². The molecule has 76 valence electrons. The molecule has 4 heteroatoms. The summed E-state index contributed by atoms with van der Waals surface area (Å²) in [6, 6.07) is 8.45. The van der Waals surface area contributed by atoms with E-state index in [0.717, 1.165) is 5.56 Å². The summed E-state index contributed by atoms with van der Waals surface area (Å²) in [6.07, 6.45) is 0. The predicted molar refractivity (Wildman–Crippen MR) is 59.6 cm³/mol. The summed E-state index contributed by atoms with van der Waals surface area (Å²) in [4.78, 5) is 0. The normalized spacial score (nSPS) is 10.3. The maximum atomic E-state index is 13.3. The number of nitrogens with one attached hydrogen (secondary N) is 1. The smallest absolute Gasteiger partial charge is 0.126 e. The Morgan fingerprint density at radius 2 is 2.07 bits per heavy atom. The lowest BCUT2D eigenvalue weighted by molar-refractivity contribution is 0.619. The molecule has 0 saturated carbocycles. The van der Waals surface area contributed by atoms with E-state index < -0.39 is 0 Å². The second kappa shape index (κ2) is 3.90. The molecule has 0 atom stereocenters. The second-order valence-electron chi connectivity index (χ2n) is 3.22. The van der Waals surface area contributed by atoms with Crippen LogP contribution in [0.1, 0.15) is 5.56 Å². The molecule has 2 rings (SSSR count). The van der Waals surface area contributed by atoms with Gasteiger partial charge in [0, 0.05) is 5.56 Å². The zero-order chi connectivity index (χ0) is 10.8. The molecule has 1 aromatic heterocycles. The maximum Gasteiger partial charge on any atom is 0.126 e. The summed E-state index contributed by atoms with van der Waals surface area (Å²) in [7, 11) is 0. The Balaban J connectivity index is 2.59. The van der Waals surface area contributed by atoms with Crippen LogP contribution in [0.2, 0.25) is 0 Å². The Labute approximate surface area is 91.8 Å². The molecule has 0 fully saturated rings. The number of hydrogen-bond donors (Lipinski definition) is 1. The monoisotopic (exact) mass is 220 g/mol. The fourth-order valence-corrected chi connectivity index (χ4v) is 1.49. The molecular weight excluding hydrogens is 211 g/mol. The van der Waals surface area contributed by atoms with E-state index >= 15 is 0 Å². The van der Waals surface area contributed by atoms with Gasteiger partial charge in [-0.3, -0.25) is 5.10 Å². The van der Waals surface area contributed by atoms with Crippen molar-refractivity contribution in [2.45, 2.75) is 6.92 Å². The summed E-state index contributed by atoms with van der Waals surface area (Å²) in [6.45, 7) is 1.73. The molecule has 15 heavy (non-hydrogen) atoms. The standard InChI is InChI=1S/C11H9FN2S/c1-7-8(3-2-4-9(7)12)10-5-6-11(15)14-13-10/h2-6H,1H3,(H,14,15). The van der Waals surface area contributed by atoms with Gasteiger partial charge in [0.1, 0.15) is 10.5 Å². The van der Waals surface area contributed by atoms with Gasteiger partial charge in [0.05, 0.1) is 5.69 Å². The number of halogens is 1. The molecule has 0 saturated heterocycles. The summed E-state index contributed by atoms with van der Waals surface area (Å²) >= 11 is 4.89. The molecule has 0 radical (unpaired) electrons. The molecule has 0 spiro atoms. The van der Waals surface area contributed by atoms with Crippen LogP contribution in [0.3, 0.4) is 0 Å². The number of aromatic amines is 1. The zero-order valence-electron chi connectivity index (χ0n) is 8.12. The number of rotatable bonds is 1. The third kappa shape index (κ3) is 1.94. The van der Waals surface area contributed by atoms with Gasteiger partial charge in [-0.1, -0.05) is 24.4 Å².